The quantitative estimate of drug-likeness (QED) is 0.628. The van der Waals surface area contributed by atoms with Gasteiger partial charge in [0.1, 0.15) is 36.1 Å². The molecule has 1 aromatic carbocycles. The minimum Gasteiger partial charge on any atom is -0.464 e. The van der Waals surface area contributed by atoms with E-state index in [1.807, 2.05) is 19.9 Å². The topological polar surface area (TPSA) is 92.7 Å². The van der Waals surface area contributed by atoms with Gasteiger partial charge >= 0.3 is 11.9 Å². The first-order valence-corrected chi connectivity index (χ1v) is 11.0. The Morgan fingerprint density at radius 2 is 1.90 bits per heavy atom. The molecule has 1 unspecified atom stereocenters. The van der Waals surface area contributed by atoms with E-state index in [0.29, 0.717) is 23.0 Å². The number of hydrogen-bond donors (Lipinski definition) is 0. The predicted octanol–water partition coefficient (Wildman–Crippen LogP) is 2.21. The van der Waals surface area contributed by atoms with Crippen molar-refractivity contribution in [1.29, 1.82) is 0 Å². The molecule has 4 rings (SSSR count). The number of carbonyl (C=O) groups is 2. The van der Waals surface area contributed by atoms with E-state index in [-0.39, 0.29) is 12.6 Å². The van der Waals surface area contributed by atoms with Crippen LogP contribution in [0.2, 0.25) is 0 Å². The normalized spacial score (nSPS) is 31.8. The lowest BCUT2D eigenvalue weighted by atomic mass is 10.1. The lowest BCUT2D eigenvalue weighted by Crippen LogP contribution is -2.34. The summed E-state index contributed by atoms with van der Waals surface area (Å²) in [7, 11) is 0. The maximum absolute atomic E-state index is 12.3. The van der Waals surface area contributed by atoms with E-state index in [1.165, 1.54) is 11.8 Å². The van der Waals surface area contributed by atoms with Gasteiger partial charge in [0.2, 0.25) is 0 Å². The number of benzene rings is 1. The first-order valence-electron chi connectivity index (χ1n) is 9.98. The van der Waals surface area contributed by atoms with Crippen molar-refractivity contribution < 1.29 is 33.3 Å². The van der Waals surface area contributed by atoms with Crippen LogP contribution in [0, 0.1) is 0 Å². The number of carbonyl (C=O) groups excluding carboxylic acids is 2. The van der Waals surface area contributed by atoms with E-state index in [9.17, 15) is 9.59 Å². The Morgan fingerprint density at radius 3 is 2.63 bits per heavy atom. The molecular formula is C21H25NO7S. The third-order valence-corrected chi connectivity index (χ3v) is 6.13. The van der Waals surface area contributed by atoms with Crippen molar-refractivity contribution in [3.05, 3.63) is 35.9 Å². The molecule has 0 saturated carbocycles. The minimum absolute atomic E-state index is 0.0318. The molecule has 3 aliphatic rings. The summed E-state index contributed by atoms with van der Waals surface area (Å²) in [4.78, 5) is 28.8. The van der Waals surface area contributed by atoms with Gasteiger partial charge in [0.25, 0.3) is 0 Å². The molecule has 0 spiro atoms. The highest BCUT2D eigenvalue weighted by atomic mass is 32.2. The van der Waals surface area contributed by atoms with Gasteiger partial charge in [-0.2, -0.15) is 0 Å². The standard InChI is InChI=1S/C21H25NO7S/c1-4-25-20(24)13-11-30-18(22-13)17-16-15(28-21(2,3)29-16)14(27-17)10-26-19(23)12-8-6-5-7-9-12/h5-9,13-17H,4,10-11H2,1-3H3/t13?,14-,15-,16-,17-/m1/s1. The van der Waals surface area contributed by atoms with Crippen molar-refractivity contribution >= 4 is 28.7 Å². The highest BCUT2D eigenvalue weighted by Crippen LogP contribution is 2.41. The number of aliphatic imine (C=N–C) groups is 1. The molecule has 3 heterocycles. The number of rotatable bonds is 6. The predicted molar refractivity (Wildman–Crippen MR) is 110 cm³/mol. The summed E-state index contributed by atoms with van der Waals surface area (Å²) in [5.41, 5.74) is 0.473. The van der Waals surface area contributed by atoms with Crippen molar-refractivity contribution in [1.82, 2.24) is 0 Å². The van der Waals surface area contributed by atoms with E-state index < -0.39 is 42.2 Å². The Labute approximate surface area is 179 Å². The van der Waals surface area contributed by atoms with E-state index in [2.05, 4.69) is 4.99 Å². The maximum Gasteiger partial charge on any atom is 0.338 e. The van der Waals surface area contributed by atoms with Gasteiger partial charge in [0.15, 0.2) is 11.8 Å². The van der Waals surface area contributed by atoms with Crippen LogP contribution in [0.15, 0.2) is 35.3 Å². The molecule has 2 saturated heterocycles. The molecule has 0 bridgehead atoms. The smallest absolute Gasteiger partial charge is 0.338 e. The van der Waals surface area contributed by atoms with Crippen molar-refractivity contribution in [3.8, 4) is 0 Å². The number of ether oxygens (including phenoxy) is 5. The first kappa shape index (κ1) is 21.3. The van der Waals surface area contributed by atoms with E-state index in [1.54, 1.807) is 31.2 Å². The van der Waals surface area contributed by atoms with Gasteiger partial charge in [-0.3, -0.25) is 4.99 Å². The zero-order valence-electron chi connectivity index (χ0n) is 17.1. The number of fused-ring (bicyclic) bond motifs is 1. The molecule has 3 aliphatic heterocycles. The van der Waals surface area contributed by atoms with Gasteiger partial charge in [-0.25, -0.2) is 9.59 Å². The van der Waals surface area contributed by atoms with Crippen LogP contribution in [0.1, 0.15) is 31.1 Å². The van der Waals surface area contributed by atoms with E-state index in [0.717, 1.165) is 0 Å². The lowest BCUT2D eigenvalue weighted by Gasteiger charge is -2.24. The molecule has 8 nitrogen and oxygen atoms in total. The van der Waals surface area contributed by atoms with Gasteiger partial charge in [-0.1, -0.05) is 18.2 Å². The van der Waals surface area contributed by atoms with Gasteiger partial charge in [0.05, 0.1) is 12.2 Å². The Bertz CT molecular complexity index is 828. The van der Waals surface area contributed by atoms with E-state index >= 15 is 0 Å². The van der Waals surface area contributed by atoms with Crippen LogP contribution in [0.5, 0.6) is 0 Å². The van der Waals surface area contributed by atoms with Crippen LogP contribution in [-0.2, 0) is 28.5 Å². The summed E-state index contributed by atoms with van der Waals surface area (Å²) < 4.78 is 28.8. The van der Waals surface area contributed by atoms with Crippen LogP contribution >= 0.6 is 11.8 Å². The second-order valence-electron chi connectivity index (χ2n) is 7.67. The van der Waals surface area contributed by atoms with Crippen molar-refractivity contribution in [2.24, 2.45) is 4.99 Å². The highest BCUT2D eigenvalue weighted by Gasteiger charge is 2.57. The molecular weight excluding hydrogens is 410 g/mol. The van der Waals surface area contributed by atoms with Crippen molar-refractivity contribution in [3.63, 3.8) is 0 Å². The summed E-state index contributed by atoms with van der Waals surface area (Å²) >= 11 is 1.46. The fraction of sp³-hybridized carbons (Fsp3) is 0.571. The molecule has 5 atom stereocenters. The van der Waals surface area contributed by atoms with Gasteiger partial charge in [-0.05, 0) is 32.9 Å². The summed E-state index contributed by atoms with van der Waals surface area (Å²) in [6.45, 7) is 5.78. The van der Waals surface area contributed by atoms with Gasteiger partial charge < -0.3 is 23.7 Å². The maximum atomic E-state index is 12.3. The molecule has 0 aromatic heterocycles. The van der Waals surface area contributed by atoms with Crippen LogP contribution < -0.4 is 0 Å². The molecule has 9 heteroatoms. The van der Waals surface area contributed by atoms with Crippen molar-refractivity contribution in [2.75, 3.05) is 19.0 Å². The van der Waals surface area contributed by atoms with E-state index in [4.69, 9.17) is 23.7 Å². The average Bonchev–Trinajstić information content (AvgIpc) is 3.40. The van der Waals surface area contributed by atoms with Crippen LogP contribution in [-0.4, -0.2) is 72.2 Å². The SMILES string of the molecule is CCOC(=O)C1CSC([C@@H]2O[C@H](COC(=O)c3ccccc3)[C@H]3OC(C)(C)O[C@H]32)=N1. The Kier molecular flexibility index (Phi) is 6.15. The van der Waals surface area contributed by atoms with Crippen molar-refractivity contribution in [2.45, 2.75) is 57.0 Å². The van der Waals surface area contributed by atoms with Crippen LogP contribution in [0.3, 0.4) is 0 Å². The first-order chi connectivity index (χ1) is 14.4. The number of thioether (sulfide) groups is 1. The third kappa shape index (κ3) is 4.39. The summed E-state index contributed by atoms with van der Waals surface area (Å²) in [5, 5.41) is 0.682. The molecule has 0 N–H and O–H groups in total. The highest BCUT2D eigenvalue weighted by molar-refractivity contribution is 8.14. The molecule has 2 fully saturated rings. The zero-order chi connectivity index (χ0) is 21.3. The van der Waals surface area contributed by atoms with Crippen LogP contribution in [0.25, 0.3) is 0 Å². The third-order valence-electron chi connectivity index (χ3n) is 5.01. The second kappa shape index (κ2) is 8.66. The zero-order valence-corrected chi connectivity index (χ0v) is 17.9. The lowest BCUT2D eigenvalue weighted by molar-refractivity contribution is -0.183. The average molecular weight is 435 g/mol. The van der Waals surface area contributed by atoms with Gasteiger partial charge in [-0.15, -0.1) is 11.8 Å². The summed E-state index contributed by atoms with van der Waals surface area (Å²) in [6.07, 6.45) is -1.79. The van der Waals surface area contributed by atoms with Gasteiger partial charge in [0, 0.05) is 5.75 Å². The summed E-state index contributed by atoms with van der Waals surface area (Å²) in [5.74, 6) is -1.05. The minimum atomic E-state index is -0.788. The summed E-state index contributed by atoms with van der Waals surface area (Å²) in [6, 6.07) is 8.24. The fourth-order valence-corrected chi connectivity index (χ4v) is 4.83. The number of hydrogen-bond acceptors (Lipinski definition) is 9. The monoisotopic (exact) mass is 435 g/mol. The molecule has 0 amide bonds. The molecule has 0 radical (unpaired) electrons. The molecule has 0 aliphatic carbocycles. The molecule has 30 heavy (non-hydrogen) atoms. The second-order valence-corrected chi connectivity index (χ2v) is 8.71. The van der Waals surface area contributed by atoms with Crippen LogP contribution in [0.4, 0.5) is 0 Å². The molecule has 162 valence electrons. The number of esters is 2. The Balaban J connectivity index is 1.45. The Morgan fingerprint density at radius 1 is 1.17 bits per heavy atom. The largest absolute Gasteiger partial charge is 0.464 e. The molecule has 1 aromatic rings. The number of nitrogens with zero attached hydrogens (tertiary/aromatic N) is 1. The Hall–Kier alpha value is -1.94. The fourth-order valence-electron chi connectivity index (χ4n) is 3.74.